The SMILES string of the molecule is O/N=C/C=C(\Cl)C12CC3CCC1CC(C3)C2. The quantitative estimate of drug-likeness (QED) is 0.444. The lowest BCUT2D eigenvalue weighted by Crippen LogP contribution is -2.36. The first-order chi connectivity index (χ1) is 7.74. The Kier molecular flexibility index (Phi) is 2.50. The summed E-state index contributed by atoms with van der Waals surface area (Å²) in [5, 5.41) is 12.4. The number of hydrogen-bond acceptors (Lipinski definition) is 2. The molecule has 16 heavy (non-hydrogen) atoms. The molecule has 3 heteroatoms. The second kappa shape index (κ2) is 3.76. The first-order valence-electron chi connectivity index (χ1n) is 6.28. The summed E-state index contributed by atoms with van der Waals surface area (Å²) in [5.74, 6) is 2.58. The van der Waals surface area contributed by atoms with Crippen molar-refractivity contribution in [1.82, 2.24) is 0 Å². The molecule has 3 fully saturated rings. The van der Waals surface area contributed by atoms with E-state index in [-0.39, 0.29) is 5.41 Å². The molecule has 0 heterocycles. The summed E-state index contributed by atoms with van der Waals surface area (Å²) in [6.07, 6.45) is 11.3. The van der Waals surface area contributed by atoms with Crippen LogP contribution in [-0.2, 0) is 0 Å². The standard InChI is InChI=1S/C13H18ClNO/c14-12(3-4-15-16)13-7-9-1-2-11(13)6-10(5-9)8-13/h3-4,9-11,16H,1-2,5-8H2/b12-3-,15-4+. The molecule has 3 bridgehead atoms. The Labute approximate surface area is 101 Å². The maximum absolute atomic E-state index is 8.48. The summed E-state index contributed by atoms with van der Waals surface area (Å²) in [7, 11) is 0. The zero-order chi connectivity index (χ0) is 11.2. The first-order valence-corrected chi connectivity index (χ1v) is 6.66. The van der Waals surface area contributed by atoms with Gasteiger partial charge in [0.2, 0.25) is 0 Å². The number of hydrogen-bond donors (Lipinski definition) is 1. The fourth-order valence-corrected chi connectivity index (χ4v) is 4.96. The highest BCUT2D eigenvalue weighted by molar-refractivity contribution is 6.31. The molecule has 3 saturated carbocycles. The van der Waals surface area contributed by atoms with Crippen molar-refractivity contribution in [1.29, 1.82) is 0 Å². The molecule has 4 atom stereocenters. The van der Waals surface area contributed by atoms with Crippen LogP contribution in [0.1, 0.15) is 38.5 Å². The molecule has 0 radical (unpaired) electrons. The third-order valence-corrected chi connectivity index (χ3v) is 5.56. The highest BCUT2D eigenvalue weighted by Gasteiger charge is 2.55. The summed E-state index contributed by atoms with van der Waals surface area (Å²) < 4.78 is 0. The Morgan fingerprint density at radius 2 is 2.06 bits per heavy atom. The van der Waals surface area contributed by atoms with E-state index in [1.807, 2.05) is 0 Å². The molecule has 0 aliphatic heterocycles. The normalized spacial score (nSPS) is 46.8. The van der Waals surface area contributed by atoms with Gasteiger partial charge in [-0.3, -0.25) is 0 Å². The highest BCUT2D eigenvalue weighted by Crippen LogP contribution is 2.65. The summed E-state index contributed by atoms with van der Waals surface area (Å²) in [4.78, 5) is 0. The molecule has 3 aliphatic rings. The van der Waals surface area contributed by atoms with E-state index in [0.29, 0.717) is 0 Å². The molecule has 0 aromatic carbocycles. The zero-order valence-corrected chi connectivity index (χ0v) is 10.2. The molecule has 0 spiro atoms. The van der Waals surface area contributed by atoms with Crippen LogP contribution in [0.4, 0.5) is 0 Å². The van der Waals surface area contributed by atoms with Crippen LogP contribution in [0.25, 0.3) is 0 Å². The molecular weight excluding hydrogens is 222 g/mol. The predicted molar refractivity (Wildman–Crippen MR) is 64.8 cm³/mol. The first kappa shape index (κ1) is 10.6. The van der Waals surface area contributed by atoms with Crippen LogP contribution in [-0.4, -0.2) is 11.4 Å². The van der Waals surface area contributed by atoms with Gasteiger partial charge in [0, 0.05) is 10.4 Å². The van der Waals surface area contributed by atoms with Crippen LogP contribution < -0.4 is 0 Å². The summed E-state index contributed by atoms with van der Waals surface area (Å²) >= 11 is 6.47. The van der Waals surface area contributed by atoms with Gasteiger partial charge in [-0.1, -0.05) is 23.2 Å². The van der Waals surface area contributed by atoms with Crippen LogP contribution in [0, 0.1) is 23.2 Å². The molecule has 0 saturated heterocycles. The summed E-state index contributed by atoms with van der Waals surface area (Å²) in [5.41, 5.74) is 0.245. The lowest BCUT2D eigenvalue weighted by molar-refractivity contribution is 0.104. The van der Waals surface area contributed by atoms with Crippen molar-refractivity contribution in [3.05, 3.63) is 11.1 Å². The molecule has 3 rings (SSSR count). The molecule has 2 nitrogen and oxygen atoms in total. The average Bonchev–Trinajstić information content (AvgIpc) is 2.44. The number of oxime groups is 1. The number of rotatable bonds is 2. The van der Waals surface area contributed by atoms with Crippen molar-refractivity contribution in [3.8, 4) is 0 Å². The van der Waals surface area contributed by atoms with Gasteiger partial charge in [0.25, 0.3) is 0 Å². The van der Waals surface area contributed by atoms with E-state index in [1.165, 1.54) is 44.7 Å². The van der Waals surface area contributed by atoms with E-state index in [2.05, 4.69) is 5.16 Å². The van der Waals surface area contributed by atoms with Gasteiger partial charge in [-0.2, -0.15) is 0 Å². The van der Waals surface area contributed by atoms with Crippen molar-refractivity contribution in [2.24, 2.45) is 28.3 Å². The lowest BCUT2D eigenvalue weighted by Gasteiger charge is -2.45. The number of allylic oxidation sites excluding steroid dienone is 2. The summed E-state index contributed by atoms with van der Waals surface area (Å²) in [6.45, 7) is 0. The van der Waals surface area contributed by atoms with Crippen molar-refractivity contribution in [3.63, 3.8) is 0 Å². The van der Waals surface area contributed by atoms with Crippen molar-refractivity contribution in [2.45, 2.75) is 38.5 Å². The molecule has 3 aliphatic carbocycles. The van der Waals surface area contributed by atoms with E-state index in [9.17, 15) is 0 Å². The molecule has 88 valence electrons. The van der Waals surface area contributed by atoms with Gasteiger partial charge in [0.05, 0.1) is 6.21 Å². The third-order valence-electron chi connectivity index (χ3n) is 5.06. The fraction of sp³-hybridized carbons (Fsp3) is 0.769. The van der Waals surface area contributed by atoms with Gasteiger partial charge in [0.15, 0.2) is 0 Å². The van der Waals surface area contributed by atoms with Gasteiger partial charge in [-0.25, -0.2) is 0 Å². The van der Waals surface area contributed by atoms with Crippen LogP contribution in [0.15, 0.2) is 16.3 Å². The average molecular weight is 240 g/mol. The van der Waals surface area contributed by atoms with Gasteiger partial charge < -0.3 is 5.21 Å². The molecular formula is C13H18ClNO. The fourth-order valence-electron chi connectivity index (χ4n) is 4.60. The van der Waals surface area contributed by atoms with Crippen molar-refractivity contribution in [2.75, 3.05) is 0 Å². The lowest BCUT2D eigenvalue weighted by atomic mass is 9.61. The minimum absolute atomic E-state index is 0.245. The third kappa shape index (κ3) is 1.42. The monoisotopic (exact) mass is 239 g/mol. The van der Waals surface area contributed by atoms with Crippen LogP contribution >= 0.6 is 11.6 Å². The molecule has 1 N–H and O–H groups in total. The van der Waals surface area contributed by atoms with E-state index in [1.54, 1.807) is 6.08 Å². The smallest absolute Gasteiger partial charge is 0.0673 e. The Morgan fingerprint density at radius 3 is 2.88 bits per heavy atom. The Balaban J connectivity index is 1.93. The topological polar surface area (TPSA) is 32.6 Å². The van der Waals surface area contributed by atoms with E-state index < -0.39 is 0 Å². The predicted octanol–water partition coefficient (Wildman–Crippen LogP) is 3.79. The van der Waals surface area contributed by atoms with Crippen molar-refractivity contribution < 1.29 is 5.21 Å². The molecule has 0 aromatic heterocycles. The Bertz CT molecular complexity index is 352. The second-order valence-corrected chi connectivity index (χ2v) is 6.23. The van der Waals surface area contributed by atoms with Gasteiger partial charge in [-0.05, 0) is 55.9 Å². The number of fused-ring (bicyclic) bond motifs is 2. The zero-order valence-electron chi connectivity index (χ0n) is 9.40. The molecule has 0 amide bonds. The largest absolute Gasteiger partial charge is 0.411 e. The van der Waals surface area contributed by atoms with Gasteiger partial charge in [-0.15, -0.1) is 0 Å². The Morgan fingerprint density at radius 1 is 1.25 bits per heavy atom. The maximum Gasteiger partial charge on any atom is 0.0673 e. The van der Waals surface area contributed by atoms with Crippen LogP contribution in [0.3, 0.4) is 0 Å². The second-order valence-electron chi connectivity index (χ2n) is 5.82. The maximum atomic E-state index is 8.48. The number of nitrogens with zero attached hydrogens (tertiary/aromatic N) is 1. The van der Waals surface area contributed by atoms with Gasteiger partial charge >= 0.3 is 0 Å². The van der Waals surface area contributed by atoms with Crippen LogP contribution in [0.5, 0.6) is 0 Å². The summed E-state index contributed by atoms with van der Waals surface area (Å²) in [6, 6.07) is 0. The Hall–Kier alpha value is -0.500. The van der Waals surface area contributed by atoms with E-state index in [4.69, 9.17) is 16.8 Å². The van der Waals surface area contributed by atoms with Crippen molar-refractivity contribution >= 4 is 17.8 Å². The van der Waals surface area contributed by atoms with Crippen LogP contribution in [0.2, 0.25) is 0 Å². The number of halogens is 1. The van der Waals surface area contributed by atoms with Gasteiger partial charge in [0.1, 0.15) is 0 Å². The minimum atomic E-state index is 0.245. The minimum Gasteiger partial charge on any atom is -0.411 e. The van der Waals surface area contributed by atoms with E-state index in [0.717, 1.165) is 22.8 Å². The molecule has 4 unspecified atom stereocenters. The van der Waals surface area contributed by atoms with E-state index >= 15 is 0 Å². The molecule has 0 aromatic rings. The highest BCUT2D eigenvalue weighted by atomic mass is 35.5.